The fourth-order valence-corrected chi connectivity index (χ4v) is 3.16. The second-order valence-corrected chi connectivity index (χ2v) is 6.54. The normalized spacial score (nSPS) is 10.7. The van der Waals surface area contributed by atoms with E-state index in [0.29, 0.717) is 17.1 Å². The molecule has 0 aliphatic carbocycles. The first-order valence-corrected chi connectivity index (χ1v) is 8.96. The van der Waals surface area contributed by atoms with Gasteiger partial charge in [0.25, 0.3) is 0 Å². The number of benzene rings is 2. The Morgan fingerprint density at radius 1 is 1.37 bits per heavy atom. The number of methoxy groups -OCH3 is 1. The molecule has 1 amide bonds. The van der Waals surface area contributed by atoms with Crippen LogP contribution in [-0.4, -0.2) is 25.8 Å². The maximum absolute atomic E-state index is 12.2. The smallest absolute Gasteiger partial charge is 0.307 e. The number of rotatable bonds is 6. The van der Waals surface area contributed by atoms with E-state index < -0.39 is 5.91 Å². The zero-order valence-corrected chi connectivity index (χ0v) is 16.5. The van der Waals surface area contributed by atoms with E-state index >= 15 is 0 Å². The van der Waals surface area contributed by atoms with E-state index in [1.807, 2.05) is 24.3 Å². The van der Waals surface area contributed by atoms with Crippen molar-refractivity contribution in [2.45, 2.75) is 0 Å². The molecular formula is C20H15IN2O4. The van der Waals surface area contributed by atoms with Crippen molar-refractivity contribution < 1.29 is 18.7 Å². The summed E-state index contributed by atoms with van der Waals surface area (Å²) in [6, 6.07) is 12.6. The van der Waals surface area contributed by atoms with E-state index in [-0.39, 0.29) is 12.4 Å². The zero-order valence-electron chi connectivity index (χ0n) is 14.4. The molecule has 1 aromatic heterocycles. The molecule has 3 rings (SSSR count). The van der Waals surface area contributed by atoms with Crippen molar-refractivity contribution in [3.8, 4) is 23.8 Å². The Morgan fingerprint density at radius 3 is 2.93 bits per heavy atom. The van der Waals surface area contributed by atoms with Crippen LogP contribution in [0.5, 0.6) is 11.5 Å². The average molecular weight is 474 g/mol. The van der Waals surface area contributed by atoms with Gasteiger partial charge in [0.05, 0.1) is 16.9 Å². The molecule has 136 valence electrons. The molecule has 0 saturated heterocycles. The van der Waals surface area contributed by atoms with E-state index in [0.717, 1.165) is 14.5 Å². The Bertz CT molecular complexity index is 1020. The third kappa shape index (κ3) is 4.41. The molecule has 0 bridgehead atoms. The van der Waals surface area contributed by atoms with Gasteiger partial charge >= 0.3 is 5.91 Å². The highest BCUT2D eigenvalue weighted by Crippen LogP contribution is 2.33. The molecule has 0 unspecified atom stereocenters. The first-order valence-electron chi connectivity index (χ1n) is 7.88. The number of carbonyl (C=O) groups excluding carboxylic acids is 1. The minimum atomic E-state index is -0.432. The number of terminal acetylenes is 1. The van der Waals surface area contributed by atoms with Gasteiger partial charge in [-0.1, -0.05) is 24.1 Å². The van der Waals surface area contributed by atoms with Crippen molar-refractivity contribution in [3.05, 3.63) is 57.4 Å². The lowest BCUT2D eigenvalue weighted by Crippen LogP contribution is -2.16. The summed E-state index contributed by atoms with van der Waals surface area (Å²) in [5.74, 6) is 3.28. The Kier molecular flexibility index (Phi) is 5.98. The average Bonchev–Trinajstić information content (AvgIpc) is 3.11. The lowest BCUT2D eigenvalue weighted by atomic mass is 10.2. The molecule has 27 heavy (non-hydrogen) atoms. The molecule has 0 radical (unpaired) electrons. The van der Waals surface area contributed by atoms with Crippen molar-refractivity contribution in [2.24, 2.45) is 5.10 Å². The first kappa shape index (κ1) is 18.8. The van der Waals surface area contributed by atoms with Crippen LogP contribution in [0.15, 0.2) is 52.0 Å². The highest BCUT2D eigenvalue weighted by molar-refractivity contribution is 14.1. The minimum absolute atomic E-state index is 0.146. The highest BCUT2D eigenvalue weighted by atomic mass is 127. The van der Waals surface area contributed by atoms with E-state index in [1.54, 1.807) is 25.3 Å². The van der Waals surface area contributed by atoms with Gasteiger partial charge in [-0.05, 0) is 52.4 Å². The van der Waals surface area contributed by atoms with Gasteiger partial charge in [0.1, 0.15) is 12.2 Å². The Labute approximate surface area is 169 Å². The summed E-state index contributed by atoms with van der Waals surface area (Å²) < 4.78 is 17.1. The number of hydrazone groups is 1. The number of furan rings is 1. The second-order valence-electron chi connectivity index (χ2n) is 5.37. The van der Waals surface area contributed by atoms with Gasteiger partial charge in [0.2, 0.25) is 0 Å². The van der Waals surface area contributed by atoms with Crippen LogP contribution in [0, 0.1) is 15.9 Å². The predicted molar refractivity (Wildman–Crippen MR) is 111 cm³/mol. The number of nitrogens with zero attached hydrogens (tertiary/aromatic N) is 1. The standard InChI is InChI=1S/C20H15IN2O4/c1-3-8-26-19-15(21)9-13(10-17(19)25-2)12-22-23-20(24)18-11-14-6-4-5-7-16(14)27-18/h1,4-7,9-12H,8H2,2H3,(H,23,24). The molecule has 0 aliphatic heterocycles. The Balaban J connectivity index is 1.72. The SMILES string of the molecule is C#CCOc1c(I)cc(C=NNC(=O)c2cc3ccccc3o2)cc1OC. The summed E-state index contributed by atoms with van der Waals surface area (Å²) in [5.41, 5.74) is 3.83. The quantitative estimate of drug-likeness (QED) is 0.255. The topological polar surface area (TPSA) is 73.1 Å². The monoisotopic (exact) mass is 474 g/mol. The van der Waals surface area contributed by atoms with Gasteiger partial charge in [-0.2, -0.15) is 5.10 Å². The molecule has 7 heteroatoms. The Hall–Kier alpha value is -2.99. The molecule has 0 atom stereocenters. The number of nitrogens with one attached hydrogen (secondary N) is 1. The van der Waals surface area contributed by atoms with Crippen LogP contribution in [0.3, 0.4) is 0 Å². The molecule has 1 N–H and O–H groups in total. The van der Waals surface area contributed by atoms with Gasteiger partial charge in [0, 0.05) is 5.39 Å². The maximum Gasteiger partial charge on any atom is 0.307 e. The Morgan fingerprint density at radius 2 is 2.19 bits per heavy atom. The minimum Gasteiger partial charge on any atom is -0.493 e. The number of ether oxygens (including phenoxy) is 2. The molecular weight excluding hydrogens is 459 g/mol. The molecule has 0 saturated carbocycles. The molecule has 2 aromatic carbocycles. The van der Waals surface area contributed by atoms with E-state index in [4.69, 9.17) is 20.3 Å². The number of fused-ring (bicyclic) bond motifs is 1. The van der Waals surface area contributed by atoms with Crippen LogP contribution in [0.2, 0.25) is 0 Å². The fraction of sp³-hybridized carbons (Fsp3) is 0.100. The summed E-state index contributed by atoms with van der Waals surface area (Å²) in [4.78, 5) is 12.2. The van der Waals surface area contributed by atoms with Crippen molar-refractivity contribution in [1.82, 2.24) is 5.43 Å². The van der Waals surface area contributed by atoms with Crippen molar-refractivity contribution in [3.63, 3.8) is 0 Å². The lowest BCUT2D eigenvalue weighted by Gasteiger charge is -2.11. The van der Waals surface area contributed by atoms with Crippen molar-refractivity contribution in [2.75, 3.05) is 13.7 Å². The van der Waals surface area contributed by atoms with E-state index in [1.165, 1.54) is 6.21 Å². The highest BCUT2D eigenvalue weighted by Gasteiger charge is 2.12. The predicted octanol–water partition coefficient (Wildman–Crippen LogP) is 3.82. The summed E-state index contributed by atoms with van der Waals surface area (Å²) in [6.45, 7) is 0.146. The van der Waals surface area contributed by atoms with Crippen molar-refractivity contribution >= 4 is 45.7 Å². The maximum atomic E-state index is 12.2. The van der Waals surface area contributed by atoms with Gasteiger partial charge in [0.15, 0.2) is 17.3 Å². The van der Waals surface area contributed by atoms with E-state index in [9.17, 15) is 4.79 Å². The third-order valence-corrected chi connectivity index (χ3v) is 4.38. The summed E-state index contributed by atoms with van der Waals surface area (Å²) >= 11 is 2.12. The molecule has 6 nitrogen and oxygen atoms in total. The molecule has 1 heterocycles. The number of hydrogen-bond acceptors (Lipinski definition) is 5. The number of amides is 1. The zero-order chi connectivity index (χ0) is 19.2. The van der Waals surface area contributed by atoms with Gasteiger partial charge in [-0.25, -0.2) is 5.43 Å². The van der Waals surface area contributed by atoms with Gasteiger partial charge in [-0.3, -0.25) is 4.79 Å². The summed E-state index contributed by atoms with van der Waals surface area (Å²) in [6.07, 6.45) is 6.74. The lowest BCUT2D eigenvalue weighted by molar-refractivity contribution is 0.0929. The molecule has 0 spiro atoms. The van der Waals surface area contributed by atoms with Gasteiger partial charge < -0.3 is 13.9 Å². The molecule has 0 fully saturated rings. The number of halogens is 1. The fourth-order valence-electron chi connectivity index (χ4n) is 2.38. The largest absolute Gasteiger partial charge is 0.493 e. The molecule has 3 aromatic rings. The van der Waals surface area contributed by atoms with Gasteiger partial charge in [-0.15, -0.1) is 6.42 Å². The number of hydrogen-bond donors (Lipinski definition) is 1. The van der Waals surface area contributed by atoms with Crippen LogP contribution in [0.1, 0.15) is 16.1 Å². The number of para-hydroxylation sites is 1. The second kappa shape index (κ2) is 8.60. The van der Waals surface area contributed by atoms with Crippen LogP contribution in [0.4, 0.5) is 0 Å². The summed E-state index contributed by atoms with van der Waals surface area (Å²) in [7, 11) is 1.54. The van der Waals surface area contributed by atoms with Crippen LogP contribution >= 0.6 is 22.6 Å². The van der Waals surface area contributed by atoms with Crippen LogP contribution in [-0.2, 0) is 0 Å². The third-order valence-electron chi connectivity index (χ3n) is 3.58. The summed E-state index contributed by atoms with van der Waals surface area (Å²) in [5, 5.41) is 4.83. The van der Waals surface area contributed by atoms with Crippen LogP contribution in [0.25, 0.3) is 11.0 Å². The van der Waals surface area contributed by atoms with E-state index in [2.05, 4.69) is 39.0 Å². The first-order chi connectivity index (χ1) is 13.1. The number of carbonyl (C=O) groups is 1. The van der Waals surface area contributed by atoms with Crippen LogP contribution < -0.4 is 14.9 Å². The molecule has 0 aliphatic rings. The van der Waals surface area contributed by atoms with Crippen molar-refractivity contribution in [1.29, 1.82) is 0 Å².